The van der Waals surface area contributed by atoms with Crippen molar-refractivity contribution in [3.8, 4) is 0 Å². The molecule has 0 radical (unpaired) electrons. The summed E-state index contributed by atoms with van der Waals surface area (Å²) in [5, 5.41) is 0. The molecule has 0 saturated carbocycles. The van der Waals surface area contributed by atoms with Crippen molar-refractivity contribution in [3.63, 3.8) is 0 Å². The van der Waals surface area contributed by atoms with Crippen LogP contribution < -0.4 is 5.90 Å². The summed E-state index contributed by atoms with van der Waals surface area (Å²) in [6.45, 7) is 2.53. The van der Waals surface area contributed by atoms with Gasteiger partial charge in [-0.3, -0.25) is 4.84 Å². The third-order valence-electron chi connectivity index (χ3n) is 1.33. The molecule has 0 fully saturated rings. The van der Waals surface area contributed by atoms with Gasteiger partial charge >= 0.3 is 0 Å². The first-order chi connectivity index (χ1) is 4.83. The van der Waals surface area contributed by atoms with E-state index in [1.165, 1.54) is 5.56 Å². The molecule has 2 N–H and O–H groups in total. The molecule has 0 atom stereocenters. The molecule has 0 amide bonds. The van der Waals surface area contributed by atoms with Gasteiger partial charge in [-0.15, -0.1) is 12.4 Å². The van der Waals surface area contributed by atoms with Crippen molar-refractivity contribution in [2.45, 2.75) is 13.5 Å². The third kappa shape index (κ3) is 3.37. The molecule has 1 aromatic rings. The summed E-state index contributed by atoms with van der Waals surface area (Å²) in [5.41, 5.74) is 2.34. The van der Waals surface area contributed by atoms with E-state index in [9.17, 15) is 0 Å². The van der Waals surface area contributed by atoms with Crippen LogP contribution in [0.4, 0.5) is 0 Å². The summed E-state index contributed by atoms with van der Waals surface area (Å²) in [6.07, 6.45) is 0. The fourth-order valence-corrected chi connectivity index (χ4v) is 0.898. The van der Waals surface area contributed by atoms with Gasteiger partial charge in [-0.25, -0.2) is 5.90 Å². The number of halogens is 1. The van der Waals surface area contributed by atoms with Gasteiger partial charge in [-0.05, 0) is 12.5 Å². The molecule has 0 aromatic heterocycles. The Labute approximate surface area is 72.7 Å². The molecule has 0 unspecified atom stereocenters. The second-order valence-electron chi connectivity index (χ2n) is 2.30. The lowest BCUT2D eigenvalue weighted by Crippen LogP contribution is -1.98. The van der Waals surface area contributed by atoms with Crippen molar-refractivity contribution >= 4 is 12.4 Å². The van der Waals surface area contributed by atoms with Crippen molar-refractivity contribution in [2.75, 3.05) is 0 Å². The summed E-state index contributed by atoms with van der Waals surface area (Å²) < 4.78 is 0. The monoisotopic (exact) mass is 173 g/mol. The Bertz CT molecular complexity index is 215. The Morgan fingerprint density at radius 1 is 1.45 bits per heavy atom. The Morgan fingerprint density at radius 3 is 2.73 bits per heavy atom. The van der Waals surface area contributed by atoms with E-state index in [1.54, 1.807) is 0 Å². The number of rotatable bonds is 2. The van der Waals surface area contributed by atoms with Gasteiger partial charge < -0.3 is 0 Å². The zero-order chi connectivity index (χ0) is 7.40. The molecule has 3 heteroatoms. The lowest BCUT2D eigenvalue weighted by Gasteiger charge is -1.98. The highest BCUT2D eigenvalue weighted by molar-refractivity contribution is 5.85. The van der Waals surface area contributed by atoms with Gasteiger partial charge in [0.1, 0.15) is 0 Å². The second-order valence-corrected chi connectivity index (χ2v) is 2.30. The minimum atomic E-state index is 0. The standard InChI is InChI=1S/C8H11NO.ClH/c1-7-3-2-4-8(5-7)6-10-9;/h2-5H,6,9H2,1H3;1H. The number of aryl methyl sites for hydroxylation is 1. The van der Waals surface area contributed by atoms with E-state index in [0.717, 1.165) is 5.56 Å². The summed E-state index contributed by atoms with van der Waals surface area (Å²) in [6, 6.07) is 8.07. The van der Waals surface area contributed by atoms with E-state index < -0.39 is 0 Å². The van der Waals surface area contributed by atoms with E-state index in [-0.39, 0.29) is 12.4 Å². The van der Waals surface area contributed by atoms with Crippen LogP contribution in [-0.2, 0) is 11.4 Å². The number of nitrogens with two attached hydrogens (primary N) is 1. The van der Waals surface area contributed by atoms with Crippen LogP contribution >= 0.6 is 12.4 Å². The smallest absolute Gasteiger partial charge is 0.0930 e. The van der Waals surface area contributed by atoms with E-state index in [4.69, 9.17) is 5.90 Å². The molecule has 1 rings (SSSR count). The number of hydrogen-bond donors (Lipinski definition) is 1. The van der Waals surface area contributed by atoms with Gasteiger partial charge in [0.15, 0.2) is 0 Å². The van der Waals surface area contributed by atoms with Crippen LogP contribution in [0.5, 0.6) is 0 Å². The van der Waals surface area contributed by atoms with Gasteiger partial charge in [0.2, 0.25) is 0 Å². The lowest BCUT2D eigenvalue weighted by atomic mass is 10.1. The van der Waals surface area contributed by atoms with Crippen LogP contribution in [0.3, 0.4) is 0 Å². The van der Waals surface area contributed by atoms with Gasteiger partial charge in [0, 0.05) is 0 Å². The minimum Gasteiger partial charge on any atom is -0.300 e. The van der Waals surface area contributed by atoms with Crippen LogP contribution in [0.15, 0.2) is 24.3 Å². The highest BCUT2D eigenvalue weighted by atomic mass is 35.5. The first-order valence-electron chi connectivity index (χ1n) is 3.20. The highest BCUT2D eigenvalue weighted by Crippen LogP contribution is 2.03. The van der Waals surface area contributed by atoms with E-state index >= 15 is 0 Å². The van der Waals surface area contributed by atoms with Gasteiger partial charge in [0.05, 0.1) is 6.61 Å². The average Bonchev–Trinajstić information content (AvgIpc) is 1.88. The molecule has 2 nitrogen and oxygen atoms in total. The number of benzene rings is 1. The van der Waals surface area contributed by atoms with E-state index in [1.807, 2.05) is 31.2 Å². The summed E-state index contributed by atoms with van der Waals surface area (Å²) in [4.78, 5) is 4.48. The Balaban J connectivity index is 0.000001000. The van der Waals surface area contributed by atoms with Crippen LogP contribution in [0.2, 0.25) is 0 Å². The molecule has 1 aromatic carbocycles. The van der Waals surface area contributed by atoms with E-state index in [0.29, 0.717) is 6.61 Å². The highest BCUT2D eigenvalue weighted by Gasteiger charge is 1.89. The molecule has 0 aliphatic carbocycles. The minimum absolute atomic E-state index is 0. The summed E-state index contributed by atoms with van der Waals surface area (Å²) in [5.74, 6) is 4.91. The lowest BCUT2D eigenvalue weighted by molar-refractivity contribution is 0.124. The summed E-state index contributed by atoms with van der Waals surface area (Å²) in [7, 11) is 0. The van der Waals surface area contributed by atoms with Crippen molar-refractivity contribution in [3.05, 3.63) is 35.4 Å². The fourth-order valence-electron chi connectivity index (χ4n) is 0.898. The molecular weight excluding hydrogens is 162 g/mol. The predicted octanol–water partition coefficient (Wildman–Crippen LogP) is 1.81. The maximum absolute atomic E-state index is 4.91. The van der Waals surface area contributed by atoms with Gasteiger partial charge in [-0.1, -0.05) is 29.8 Å². The predicted molar refractivity (Wildman–Crippen MR) is 47.4 cm³/mol. The van der Waals surface area contributed by atoms with Crippen molar-refractivity contribution in [1.82, 2.24) is 0 Å². The number of hydrogen-bond acceptors (Lipinski definition) is 2. The van der Waals surface area contributed by atoms with Gasteiger partial charge in [0.25, 0.3) is 0 Å². The molecule has 0 bridgehead atoms. The molecule has 0 aliphatic rings. The Hall–Kier alpha value is -0.570. The first-order valence-corrected chi connectivity index (χ1v) is 3.20. The zero-order valence-corrected chi connectivity index (χ0v) is 7.23. The molecule has 0 spiro atoms. The quantitative estimate of drug-likeness (QED) is 0.693. The molecule has 0 saturated heterocycles. The average molecular weight is 174 g/mol. The topological polar surface area (TPSA) is 35.2 Å². The molecule has 0 heterocycles. The second kappa shape index (κ2) is 5.13. The molecular formula is C8H12ClNO. The first kappa shape index (κ1) is 10.4. The fraction of sp³-hybridized carbons (Fsp3) is 0.250. The van der Waals surface area contributed by atoms with Crippen molar-refractivity contribution < 1.29 is 4.84 Å². The largest absolute Gasteiger partial charge is 0.300 e. The zero-order valence-electron chi connectivity index (χ0n) is 6.41. The maximum Gasteiger partial charge on any atom is 0.0930 e. The maximum atomic E-state index is 4.91. The van der Waals surface area contributed by atoms with Crippen LogP contribution in [0.25, 0.3) is 0 Å². The normalized spacial score (nSPS) is 8.91. The molecule has 11 heavy (non-hydrogen) atoms. The van der Waals surface area contributed by atoms with E-state index in [2.05, 4.69) is 4.84 Å². The summed E-state index contributed by atoms with van der Waals surface area (Å²) >= 11 is 0. The molecule has 62 valence electrons. The van der Waals surface area contributed by atoms with Gasteiger partial charge in [-0.2, -0.15) is 0 Å². The Kier molecular flexibility index (Phi) is 4.86. The van der Waals surface area contributed by atoms with Crippen LogP contribution in [0, 0.1) is 6.92 Å². The van der Waals surface area contributed by atoms with Crippen LogP contribution in [-0.4, -0.2) is 0 Å². The van der Waals surface area contributed by atoms with Crippen molar-refractivity contribution in [1.29, 1.82) is 0 Å². The third-order valence-corrected chi connectivity index (χ3v) is 1.33. The van der Waals surface area contributed by atoms with Crippen LogP contribution in [0.1, 0.15) is 11.1 Å². The van der Waals surface area contributed by atoms with Crippen molar-refractivity contribution in [2.24, 2.45) is 5.90 Å². The SMILES string of the molecule is Cc1cccc(CON)c1.Cl. The molecule has 0 aliphatic heterocycles. The Morgan fingerprint density at radius 2 is 2.18 bits per heavy atom.